The van der Waals surface area contributed by atoms with Crippen LogP contribution < -0.4 is 14.8 Å². The molecule has 1 N–H and O–H groups in total. The van der Waals surface area contributed by atoms with Gasteiger partial charge in [0.05, 0.1) is 17.4 Å². The smallest absolute Gasteiger partial charge is 0.312 e. The van der Waals surface area contributed by atoms with E-state index in [1.165, 1.54) is 13.2 Å². The molecular formula is C26H21IN2O5. The van der Waals surface area contributed by atoms with Gasteiger partial charge >= 0.3 is 5.69 Å². The highest BCUT2D eigenvalue weighted by atomic mass is 127. The average molecular weight is 568 g/mol. The number of rotatable bonds is 4. The van der Waals surface area contributed by atoms with Gasteiger partial charge < -0.3 is 14.8 Å². The standard InChI is InChI=1S/C26H21IN2O5/c1-25(2)18-13-16(22(30)15-7-5-4-6-8-15)9-10-19(18)28-26(25)12-11-17-14-20(29(31)32)24(33-3)21(27)23(17)34-26/h4-14,28H,1-3H3. The minimum Gasteiger partial charge on any atom is -0.489 e. The topological polar surface area (TPSA) is 90.7 Å². The van der Waals surface area contributed by atoms with Gasteiger partial charge in [-0.05, 0) is 72.4 Å². The Bertz CT molecular complexity index is 1380. The molecule has 0 fully saturated rings. The van der Waals surface area contributed by atoms with Crippen molar-refractivity contribution in [1.29, 1.82) is 0 Å². The lowest BCUT2D eigenvalue weighted by Gasteiger charge is -2.42. The first-order valence-electron chi connectivity index (χ1n) is 10.6. The number of halogens is 1. The van der Waals surface area contributed by atoms with Crippen molar-refractivity contribution in [3.05, 3.63) is 96.6 Å². The summed E-state index contributed by atoms with van der Waals surface area (Å²) in [7, 11) is 1.41. The number of ether oxygens (including phenoxy) is 2. The van der Waals surface area contributed by atoms with Crippen LogP contribution >= 0.6 is 22.6 Å². The molecule has 2 heterocycles. The molecule has 1 spiro atoms. The predicted molar refractivity (Wildman–Crippen MR) is 138 cm³/mol. The molecule has 2 aliphatic rings. The van der Waals surface area contributed by atoms with Crippen molar-refractivity contribution in [1.82, 2.24) is 0 Å². The summed E-state index contributed by atoms with van der Waals surface area (Å²) in [5.41, 5.74) is 2.03. The molecule has 5 rings (SSSR count). The van der Waals surface area contributed by atoms with Gasteiger partial charge in [0.15, 0.2) is 5.78 Å². The van der Waals surface area contributed by atoms with Crippen LogP contribution in [0.1, 0.15) is 40.9 Å². The van der Waals surface area contributed by atoms with Gasteiger partial charge in [-0.15, -0.1) is 0 Å². The molecule has 0 bridgehead atoms. The van der Waals surface area contributed by atoms with Crippen molar-refractivity contribution >= 4 is 45.8 Å². The summed E-state index contributed by atoms with van der Waals surface area (Å²) in [4.78, 5) is 24.1. The second-order valence-corrected chi connectivity index (χ2v) is 9.87. The first-order chi connectivity index (χ1) is 16.2. The highest BCUT2D eigenvalue weighted by Crippen LogP contribution is 2.53. The molecule has 34 heavy (non-hydrogen) atoms. The third kappa shape index (κ3) is 3.19. The number of hydrogen-bond donors (Lipinski definition) is 1. The fraction of sp³-hybridized carbons (Fsp3) is 0.192. The van der Waals surface area contributed by atoms with Gasteiger partial charge in [0.25, 0.3) is 0 Å². The number of hydrogen-bond acceptors (Lipinski definition) is 6. The van der Waals surface area contributed by atoms with Crippen LogP contribution in [0.3, 0.4) is 0 Å². The third-order valence-electron chi connectivity index (χ3n) is 6.59. The molecule has 0 saturated carbocycles. The number of ketones is 1. The highest BCUT2D eigenvalue weighted by molar-refractivity contribution is 14.1. The predicted octanol–water partition coefficient (Wildman–Crippen LogP) is 5.94. The Morgan fingerprint density at radius 1 is 1.12 bits per heavy atom. The number of carbonyl (C=O) groups excluding carboxylic acids is 1. The molecule has 0 aliphatic carbocycles. The van der Waals surface area contributed by atoms with E-state index in [4.69, 9.17) is 9.47 Å². The molecular weight excluding hydrogens is 547 g/mol. The lowest BCUT2D eigenvalue weighted by Crippen LogP contribution is -2.53. The molecule has 0 saturated heterocycles. The molecule has 2 aliphatic heterocycles. The number of anilines is 1. The number of nitrogens with one attached hydrogen (secondary N) is 1. The molecule has 172 valence electrons. The van der Waals surface area contributed by atoms with E-state index in [9.17, 15) is 14.9 Å². The molecule has 7 nitrogen and oxygen atoms in total. The largest absolute Gasteiger partial charge is 0.489 e. The quantitative estimate of drug-likeness (QED) is 0.181. The lowest BCUT2D eigenvalue weighted by molar-refractivity contribution is -0.385. The second kappa shape index (κ2) is 7.83. The molecule has 1 atom stereocenters. The maximum atomic E-state index is 13.1. The SMILES string of the molecule is COc1c([N+](=O)[O-])cc2c(c1I)OC1(C=C2)Nc2ccc(C(=O)c3ccccc3)cc2C1(C)C. The van der Waals surface area contributed by atoms with Gasteiger partial charge in [-0.3, -0.25) is 14.9 Å². The van der Waals surface area contributed by atoms with Crippen LogP contribution in [0, 0.1) is 13.7 Å². The van der Waals surface area contributed by atoms with Crippen molar-refractivity contribution in [3.63, 3.8) is 0 Å². The molecule has 3 aromatic rings. The second-order valence-electron chi connectivity index (χ2n) is 8.79. The Labute approximate surface area is 210 Å². The van der Waals surface area contributed by atoms with Crippen LogP contribution in [0.5, 0.6) is 11.5 Å². The first-order valence-corrected chi connectivity index (χ1v) is 11.7. The van der Waals surface area contributed by atoms with Gasteiger partial charge in [0.2, 0.25) is 11.5 Å². The first kappa shape index (κ1) is 22.4. The van der Waals surface area contributed by atoms with Gasteiger partial charge in [0.1, 0.15) is 9.32 Å². The minimum atomic E-state index is -0.947. The van der Waals surface area contributed by atoms with Gasteiger partial charge in [0, 0.05) is 28.4 Å². The average Bonchev–Trinajstić information content (AvgIpc) is 3.04. The summed E-state index contributed by atoms with van der Waals surface area (Å²) >= 11 is 2.02. The van der Waals surface area contributed by atoms with E-state index in [2.05, 4.69) is 5.32 Å². The van der Waals surface area contributed by atoms with E-state index in [1.54, 1.807) is 12.1 Å². The van der Waals surface area contributed by atoms with Crippen LogP contribution in [-0.2, 0) is 5.41 Å². The number of methoxy groups -OCH3 is 1. The summed E-state index contributed by atoms with van der Waals surface area (Å²) in [6.45, 7) is 4.10. The van der Waals surface area contributed by atoms with Crippen LogP contribution in [0.2, 0.25) is 0 Å². The van der Waals surface area contributed by atoms with Crippen LogP contribution in [-0.4, -0.2) is 23.5 Å². The Balaban J connectivity index is 1.57. The normalized spacial score (nSPS) is 19.1. The monoisotopic (exact) mass is 568 g/mol. The Morgan fingerprint density at radius 2 is 1.85 bits per heavy atom. The van der Waals surface area contributed by atoms with E-state index in [0.717, 1.165) is 11.3 Å². The summed E-state index contributed by atoms with van der Waals surface area (Å²) in [6.07, 6.45) is 3.73. The number of nitro groups is 1. The molecule has 1 unspecified atom stereocenters. The fourth-order valence-electron chi connectivity index (χ4n) is 4.61. The zero-order valence-electron chi connectivity index (χ0n) is 18.7. The summed E-state index contributed by atoms with van der Waals surface area (Å²) < 4.78 is 12.4. The van der Waals surface area contributed by atoms with E-state index >= 15 is 0 Å². The van der Waals surface area contributed by atoms with Crippen LogP contribution in [0.15, 0.2) is 60.7 Å². The minimum absolute atomic E-state index is 0.0443. The number of carbonyl (C=O) groups is 1. The molecule has 8 heteroatoms. The van der Waals surface area contributed by atoms with Crippen LogP contribution in [0.25, 0.3) is 6.08 Å². The van der Waals surface area contributed by atoms with Crippen molar-refractivity contribution in [2.24, 2.45) is 0 Å². The maximum absolute atomic E-state index is 13.1. The zero-order valence-corrected chi connectivity index (χ0v) is 20.9. The lowest BCUT2D eigenvalue weighted by atomic mass is 9.76. The van der Waals surface area contributed by atoms with Crippen LogP contribution in [0.4, 0.5) is 11.4 Å². The van der Waals surface area contributed by atoms with Crippen molar-refractivity contribution < 1.29 is 19.2 Å². The van der Waals surface area contributed by atoms with E-state index in [0.29, 0.717) is 26.0 Å². The molecule has 3 aromatic carbocycles. The fourth-order valence-corrected chi connectivity index (χ4v) is 5.53. The number of nitrogens with zero attached hydrogens (tertiary/aromatic N) is 1. The number of fused-ring (bicyclic) bond motifs is 2. The number of benzene rings is 3. The Kier molecular flexibility index (Phi) is 5.16. The zero-order chi connectivity index (χ0) is 24.3. The Morgan fingerprint density at radius 3 is 2.53 bits per heavy atom. The highest BCUT2D eigenvalue weighted by Gasteiger charge is 2.55. The summed E-state index contributed by atoms with van der Waals surface area (Å²) in [6, 6.07) is 16.3. The maximum Gasteiger partial charge on any atom is 0.312 e. The summed E-state index contributed by atoms with van der Waals surface area (Å²) in [5.74, 6) is 0.635. The van der Waals surface area contributed by atoms with Crippen molar-refractivity contribution in [3.8, 4) is 11.5 Å². The molecule has 0 aromatic heterocycles. The van der Waals surface area contributed by atoms with Gasteiger partial charge in [-0.2, -0.15) is 0 Å². The van der Waals surface area contributed by atoms with E-state index in [1.807, 2.05) is 85.0 Å². The number of nitro benzene ring substituents is 1. The third-order valence-corrected chi connectivity index (χ3v) is 7.57. The van der Waals surface area contributed by atoms with Gasteiger partial charge in [-0.1, -0.05) is 30.3 Å². The van der Waals surface area contributed by atoms with Crippen molar-refractivity contribution in [2.75, 3.05) is 12.4 Å². The molecule has 0 radical (unpaired) electrons. The van der Waals surface area contributed by atoms with E-state index in [-0.39, 0.29) is 17.2 Å². The molecule has 0 amide bonds. The van der Waals surface area contributed by atoms with Crippen molar-refractivity contribution in [2.45, 2.75) is 25.0 Å². The summed E-state index contributed by atoms with van der Waals surface area (Å²) in [5, 5.41) is 15.0. The Hall–Kier alpha value is -3.40. The van der Waals surface area contributed by atoms with Gasteiger partial charge in [-0.25, -0.2) is 0 Å². The van der Waals surface area contributed by atoms with E-state index < -0.39 is 16.1 Å².